The van der Waals surface area contributed by atoms with Gasteiger partial charge in [0.25, 0.3) is 0 Å². The SMILES string of the molecule is CN=C(NCCn1cccc1)NCC(c1cnn(C)c1)N(C)C. The lowest BCUT2D eigenvalue weighted by Gasteiger charge is -2.24. The number of nitrogens with zero attached hydrogens (tertiary/aromatic N) is 5. The molecular formula is C16H27N7. The Hall–Kier alpha value is -2.28. The van der Waals surface area contributed by atoms with Gasteiger partial charge in [0.05, 0.1) is 12.2 Å². The molecule has 0 fully saturated rings. The molecule has 0 aliphatic rings. The van der Waals surface area contributed by atoms with E-state index in [2.05, 4.69) is 62.9 Å². The maximum absolute atomic E-state index is 4.28. The first kappa shape index (κ1) is 17.1. The number of likely N-dealkylation sites (N-methyl/N-ethyl adjacent to an activating group) is 1. The number of rotatable bonds is 7. The van der Waals surface area contributed by atoms with Crippen LogP contribution in [0.5, 0.6) is 0 Å². The van der Waals surface area contributed by atoms with Crippen molar-refractivity contribution >= 4 is 5.96 Å². The summed E-state index contributed by atoms with van der Waals surface area (Å²) >= 11 is 0. The summed E-state index contributed by atoms with van der Waals surface area (Å²) in [5.74, 6) is 0.813. The van der Waals surface area contributed by atoms with E-state index in [1.807, 2.05) is 30.1 Å². The maximum atomic E-state index is 4.28. The van der Waals surface area contributed by atoms with Gasteiger partial charge in [0.2, 0.25) is 0 Å². The zero-order valence-electron chi connectivity index (χ0n) is 14.4. The van der Waals surface area contributed by atoms with Crippen LogP contribution in [0.4, 0.5) is 0 Å². The molecule has 126 valence electrons. The lowest BCUT2D eigenvalue weighted by Crippen LogP contribution is -2.42. The molecule has 7 nitrogen and oxygen atoms in total. The standard InChI is InChI=1S/C16H27N7/c1-17-16(18-7-10-23-8-5-6-9-23)19-12-15(21(2)3)14-11-20-22(4)13-14/h5-6,8-9,11,13,15H,7,10,12H2,1-4H3,(H2,17,18,19). The van der Waals surface area contributed by atoms with Crippen molar-refractivity contribution in [2.24, 2.45) is 12.0 Å². The summed E-state index contributed by atoms with van der Waals surface area (Å²) in [5, 5.41) is 11.0. The van der Waals surface area contributed by atoms with Crippen molar-refractivity contribution in [2.45, 2.75) is 12.6 Å². The largest absolute Gasteiger partial charge is 0.355 e. The van der Waals surface area contributed by atoms with Crippen molar-refractivity contribution in [3.05, 3.63) is 42.5 Å². The molecule has 0 saturated carbocycles. The lowest BCUT2D eigenvalue weighted by molar-refractivity contribution is 0.298. The first-order valence-corrected chi connectivity index (χ1v) is 7.80. The molecule has 0 saturated heterocycles. The minimum absolute atomic E-state index is 0.242. The van der Waals surface area contributed by atoms with Crippen LogP contribution in [0.25, 0.3) is 0 Å². The number of nitrogens with one attached hydrogen (secondary N) is 2. The Morgan fingerprint density at radius 3 is 2.61 bits per heavy atom. The summed E-state index contributed by atoms with van der Waals surface area (Å²) in [4.78, 5) is 6.46. The summed E-state index contributed by atoms with van der Waals surface area (Å²) in [6.45, 7) is 2.50. The summed E-state index contributed by atoms with van der Waals surface area (Å²) in [6.07, 6.45) is 8.08. The molecule has 0 spiro atoms. The minimum atomic E-state index is 0.242. The average Bonchev–Trinajstić information content (AvgIpc) is 3.17. The number of aliphatic imine (C=N–C) groups is 1. The predicted molar refractivity (Wildman–Crippen MR) is 93.4 cm³/mol. The molecule has 2 N–H and O–H groups in total. The zero-order valence-corrected chi connectivity index (χ0v) is 14.4. The summed E-state index contributed by atoms with van der Waals surface area (Å²) in [5.41, 5.74) is 1.19. The van der Waals surface area contributed by atoms with Crippen LogP contribution in [0, 0.1) is 0 Å². The van der Waals surface area contributed by atoms with E-state index in [-0.39, 0.29) is 6.04 Å². The van der Waals surface area contributed by atoms with Crippen LogP contribution in [0.2, 0.25) is 0 Å². The fraction of sp³-hybridized carbons (Fsp3) is 0.500. The van der Waals surface area contributed by atoms with Crippen molar-refractivity contribution < 1.29 is 0 Å². The third kappa shape index (κ3) is 5.14. The number of hydrogen-bond acceptors (Lipinski definition) is 3. The van der Waals surface area contributed by atoms with Crippen molar-refractivity contribution in [2.75, 3.05) is 34.2 Å². The third-order valence-corrected chi connectivity index (χ3v) is 3.75. The molecule has 2 heterocycles. The lowest BCUT2D eigenvalue weighted by atomic mass is 10.1. The van der Waals surface area contributed by atoms with Crippen LogP contribution in [0.15, 0.2) is 41.9 Å². The molecule has 1 unspecified atom stereocenters. The molecule has 0 amide bonds. The van der Waals surface area contributed by atoms with Gasteiger partial charge >= 0.3 is 0 Å². The molecule has 0 bridgehead atoms. The molecule has 1 atom stereocenters. The van der Waals surface area contributed by atoms with E-state index in [4.69, 9.17) is 0 Å². The monoisotopic (exact) mass is 317 g/mol. The van der Waals surface area contributed by atoms with Gasteiger partial charge in [-0.05, 0) is 26.2 Å². The first-order valence-electron chi connectivity index (χ1n) is 7.80. The fourth-order valence-electron chi connectivity index (χ4n) is 2.45. The van der Waals surface area contributed by atoms with Gasteiger partial charge < -0.3 is 20.1 Å². The van der Waals surface area contributed by atoms with Crippen molar-refractivity contribution in [3.8, 4) is 0 Å². The second-order valence-corrected chi connectivity index (χ2v) is 5.73. The Kier molecular flexibility index (Phi) is 6.22. The highest BCUT2D eigenvalue weighted by Crippen LogP contribution is 2.15. The van der Waals surface area contributed by atoms with Gasteiger partial charge in [-0.1, -0.05) is 0 Å². The van der Waals surface area contributed by atoms with Crippen LogP contribution in [0.3, 0.4) is 0 Å². The number of guanidine groups is 1. The van der Waals surface area contributed by atoms with Gasteiger partial charge in [0, 0.05) is 57.9 Å². The molecule has 0 aliphatic heterocycles. The molecule has 2 aromatic rings. The van der Waals surface area contributed by atoms with E-state index in [9.17, 15) is 0 Å². The average molecular weight is 317 g/mol. The van der Waals surface area contributed by atoms with Gasteiger partial charge in [0.15, 0.2) is 5.96 Å². The molecule has 7 heteroatoms. The normalized spacial score (nSPS) is 13.3. The van der Waals surface area contributed by atoms with Crippen molar-refractivity contribution in [1.82, 2.24) is 29.9 Å². The Morgan fingerprint density at radius 2 is 2.04 bits per heavy atom. The van der Waals surface area contributed by atoms with Crippen LogP contribution < -0.4 is 10.6 Å². The van der Waals surface area contributed by atoms with E-state index in [0.717, 1.165) is 25.6 Å². The molecule has 0 radical (unpaired) electrons. The summed E-state index contributed by atoms with van der Waals surface area (Å²) < 4.78 is 3.97. The quantitative estimate of drug-likeness (QED) is 0.583. The highest BCUT2D eigenvalue weighted by Gasteiger charge is 2.16. The van der Waals surface area contributed by atoms with Gasteiger partial charge in [-0.15, -0.1) is 0 Å². The summed E-state index contributed by atoms with van der Waals surface area (Å²) in [7, 11) is 7.87. The molecule has 2 aromatic heterocycles. The molecule has 0 aliphatic carbocycles. The number of hydrogen-bond donors (Lipinski definition) is 2. The van der Waals surface area contributed by atoms with Crippen LogP contribution >= 0.6 is 0 Å². The Balaban J connectivity index is 1.83. The Morgan fingerprint density at radius 1 is 1.30 bits per heavy atom. The van der Waals surface area contributed by atoms with Gasteiger partial charge in [-0.3, -0.25) is 9.67 Å². The third-order valence-electron chi connectivity index (χ3n) is 3.75. The van der Waals surface area contributed by atoms with Crippen LogP contribution in [0.1, 0.15) is 11.6 Å². The second-order valence-electron chi connectivity index (χ2n) is 5.73. The second kappa shape index (κ2) is 8.38. The zero-order chi connectivity index (χ0) is 16.7. The molecule has 0 aromatic carbocycles. The first-order chi connectivity index (χ1) is 11.1. The number of aryl methyl sites for hydroxylation is 1. The van der Waals surface area contributed by atoms with E-state index in [0.29, 0.717) is 0 Å². The highest BCUT2D eigenvalue weighted by atomic mass is 15.3. The van der Waals surface area contributed by atoms with Gasteiger partial charge in [-0.2, -0.15) is 5.10 Å². The number of aromatic nitrogens is 3. The van der Waals surface area contributed by atoms with E-state index < -0.39 is 0 Å². The van der Waals surface area contributed by atoms with E-state index in [1.54, 1.807) is 7.05 Å². The minimum Gasteiger partial charge on any atom is -0.355 e. The van der Waals surface area contributed by atoms with Crippen molar-refractivity contribution in [3.63, 3.8) is 0 Å². The van der Waals surface area contributed by atoms with Crippen molar-refractivity contribution in [1.29, 1.82) is 0 Å². The predicted octanol–water partition coefficient (Wildman–Crippen LogP) is 0.690. The fourth-order valence-corrected chi connectivity index (χ4v) is 2.45. The van der Waals surface area contributed by atoms with Gasteiger partial charge in [0.1, 0.15) is 0 Å². The highest BCUT2D eigenvalue weighted by molar-refractivity contribution is 5.79. The molecular weight excluding hydrogens is 290 g/mol. The Bertz CT molecular complexity index is 598. The topological polar surface area (TPSA) is 62.4 Å². The smallest absolute Gasteiger partial charge is 0.191 e. The van der Waals surface area contributed by atoms with Gasteiger partial charge in [-0.25, -0.2) is 0 Å². The van der Waals surface area contributed by atoms with E-state index in [1.165, 1.54) is 5.56 Å². The van der Waals surface area contributed by atoms with Crippen LogP contribution in [-0.4, -0.2) is 59.4 Å². The van der Waals surface area contributed by atoms with Crippen LogP contribution in [-0.2, 0) is 13.6 Å². The molecule has 2 rings (SSSR count). The Labute approximate surface area is 138 Å². The molecule has 23 heavy (non-hydrogen) atoms. The maximum Gasteiger partial charge on any atom is 0.191 e. The summed E-state index contributed by atoms with van der Waals surface area (Å²) in [6, 6.07) is 4.30. The van der Waals surface area contributed by atoms with E-state index >= 15 is 0 Å².